The van der Waals surface area contributed by atoms with E-state index < -0.39 is 24.2 Å². The van der Waals surface area contributed by atoms with E-state index in [1.807, 2.05) is 19.1 Å². The summed E-state index contributed by atoms with van der Waals surface area (Å²) in [6.07, 6.45) is -3.66. The zero-order valence-corrected chi connectivity index (χ0v) is 17.7. The van der Waals surface area contributed by atoms with Gasteiger partial charge in [-0.05, 0) is 24.6 Å². The molecular formula is C21H17Cl2F3N4O. The molecular weight excluding hydrogens is 452 g/mol. The Labute approximate surface area is 186 Å². The minimum Gasteiger partial charge on any atom is -0.363 e. The van der Waals surface area contributed by atoms with Gasteiger partial charge in [-0.1, -0.05) is 59.1 Å². The third kappa shape index (κ3) is 4.22. The number of benzene rings is 2. The van der Waals surface area contributed by atoms with Gasteiger partial charge in [0.15, 0.2) is 6.04 Å². The summed E-state index contributed by atoms with van der Waals surface area (Å²) in [5.74, 6) is -0.654. The van der Waals surface area contributed by atoms with Gasteiger partial charge in [0.05, 0.1) is 28.0 Å². The van der Waals surface area contributed by atoms with E-state index in [4.69, 9.17) is 23.2 Å². The molecule has 3 aromatic rings. The van der Waals surface area contributed by atoms with Gasteiger partial charge in [-0.15, -0.1) is 0 Å². The number of amides is 1. The second kappa shape index (κ2) is 8.09. The van der Waals surface area contributed by atoms with Crippen molar-refractivity contribution < 1.29 is 18.0 Å². The lowest BCUT2D eigenvalue weighted by Gasteiger charge is -2.34. The molecule has 4 rings (SSSR count). The first-order chi connectivity index (χ1) is 14.6. The SMILES string of the molecule is Cc1ccc([C@@H]2C[C@@H](C(F)(F)F)n3ncc(C(=O)Nc4cccc(Cl)c4Cl)c3N2)cc1. The molecule has 1 amide bonds. The van der Waals surface area contributed by atoms with Crippen LogP contribution in [0.2, 0.25) is 10.0 Å². The minimum atomic E-state index is -4.53. The van der Waals surface area contributed by atoms with E-state index in [0.717, 1.165) is 16.4 Å². The van der Waals surface area contributed by atoms with Crippen LogP contribution in [0.15, 0.2) is 48.7 Å². The molecule has 2 aromatic carbocycles. The van der Waals surface area contributed by atoms with Gasteiger partial charge in [-0.3, -0.25) is 4.79 Å². The van der Waals surface area contributed by atoms with Crippen molar-refractivity contribution in [3.05, 3.63) is 75.4 Å². The molecule has 1 aromatic heterocycles. The van der Waals surface area contributed by atoms with Crippen LogP contribution in [-0.2, 0) is 0 Å². The Hall–Kier alpha value is -2.71. The van der Waals surface area contributed by atoms with Gasteiger partial charge < -0.3 is 10.6 Å². The molecule has 1 aliphatic heterocycles. The normalized spacial score (nSPS) is 18.3. The Morgan fingerprint density at radius 2 is 1.90 bits per heavy atom. The third-order valence-electron chi connectivity index (χ3n) is 5.16. The highest BCUT2D eigenvalue weighted by Crippen LogP contribution is 2.44. The summed E-state index contributed by atoms with van der Waals surface area (Å²) >= 11 is 12.1. The standard InChI is InChI=1S/C21H17Cl2F3N4O/c1-11-5-7-12(8-6-11)16-9-17(21(24,25)26)30-19(28-16)13(10-27-30)20(31)29-15-4-2-3-14(22)18(15)23/h2-8,10,16-17,28H,9H2,1H3,(H,29,31)/t16-,17-/m0/s1. The molecule has 0 unspecified atom stereocenters. The molecule has 2 atom stereocenters. The highest BCUT2D eigenvalue weighted by atomic mass is 35.5. The highest BCUT2D eigenvalue weighted by Gasteiger charge is 2.47. The van der Waals surface area contributed by atoms with Crippen molar-refractivity contribution in [2.24, 2.45) is 0 Å². The van der Waals surface area contributed by atoms with Crippen LogP contribution in [0, 0.1) is 6.92 Å². The van der Waals surface area contributed by atoms with Gasteiger partial charge >= 0.3 is 6.18 Å². The number of aromatic nitrogens is 2. The molecule has 0 saturated heterocycles. The Bertz CT molecular complexity index is 1130. The Morgan fingerprint density at radius 1 is 1.19 bits per heavy atom. The van der Waals surface area contributed by atoms with E-state index in [0.29, 0.717) is 5.56 Å². The third-order valence-corrected chi connectivity index (χ3v) is 5.98. The number of aryl methyl sites for hydroxylation is 1. The fourth-order valence-electron chi connectivity index (χ4n) is 3.54. The fourth-order valence-corrected chi connectivity index (χ4v) is 3.88. The maximum absolute atomic E-state index is 13.8. The first kappa shape index (κ1) is 21.5. The molecule has 0 fully saturated rings. The van der Waals surface area contributed by atoms with Crippen molar-refractivity contribution in [1.82, 2.24) is 9.78 Å². The molecule has 0 saturated carbocycles. The number of nitrogens with zero attached hydrogens (tertiary/aromatic N) is 2. The second-order valence-corrected chi connectivity index (χ2v) is 8.09. The van der Waals surface area contributed by atoms with Crippen LogP contribution in [0.4, 0.5) is 24.7 Å². The summed E-state index contributed by atoms with van der Waals surface area (Å²) in [6.45, 7) is 1.90. The summed E-state index contributed by atoms with van der Waals surface area (Å²) in [5, 5.41) is 9.89. The smallest absolute Gasteiger partial charge is 0.363 e. The van der Waals surface area contributed by atoms with Gasteiger partial charge in [0, 0.05) is 6.42 Å². The molecule has 5 nitrogen and oxygen atoms in total. The van der Waals surface area contributed by atoms with E-state index in [2.05, 4.69) is 15.7 Å². The Morgan fingerprint density at radius 3 is 2.58 bits per heavy atom. The zero-order chi connectivity index (χ0) is 22.3. The molecule has 0 bridgehead atoms. The summed E-state index contributed by atoms with van der Waals surface area (Å²) in [6, 6.07) is 9.41. The second-order valence-electron chi connectivity index (χ2n) is 7.31. The van der Waals surface area contributed by atoms with Crippen molar-refractivity contribution in [1.29, 1.82) is 0 Å². The van der Waals surface area contributed by atoms with Crippen molar-refractivity contribution in [2.75, 3.05) is 10.6 Å². The van der Waals surface area contributed by atoms with Crippen molar-refractivity contribution in [3.8, 4) is 0 Å². The van der Waals surface area contributed by atoms with Crippen LogP contribution in [0.1, 0.15) is 40.0 Å². The summed E-state index contributed by atoms with van der Waals surface area (Å²) < 4.78 is 42.2. The van der Waals surface area contributed by atoms with Crippen molar-refractivity contribution in [3.63, 3.8) is 0 Å². The number of carbonyl (C=O) groups excluding carboxylic acids is 1. The van der Waals surface area contributed by atoms with E-state index in [1.165, 1.54) is 0 Å². The molecule has 0 radical (unpaired) electrons. The molecule has 1 aliphatic rings. The van der Waals surface area contributed by atoms with E-state index in [-0.39, 0.29) is 33.5 Å². The number of hydrogen-bond acceptors (Lipinski definition) is 3. The van der Waals surface area contributed by atoms with Crippen LogP contribution in [0.25, 0.3) is 0 Å². The molecule has 2 heterocycles. The highest BCUT2D eigenvalue weighted by molar-refractivity contribution is 6.44. The van der Waals surface area contributed by atoms with Crippen LogP contribution in [-0.4, -0.2) is 21.9 Å². The zero-order valence-electron chi connectivity index (χ0n) is 16.2. The summed E-state index contributed by atoms with van der Waals surface area (Å²) in [4.78, 5) is 12.9. The Balaban J connectivity index is 1.70. The first-order valence-electron chi connectivity index (χ1n) is 9.38. The molecule has 31 heavy (non-hydrogen) atoms. The molecule has 10 heteroatoms. The van der Waals surface area contributed by atoms with Crippen molar-refractivity contribution in [2.45, 2.75) is 31.6 Å². The number of carbonyl (C=O) groups is 1. The van der Waals surface area contributed by atoms with Crippen LogP contribution >= 0.6 is 23.2 Å². The van der Waals surface area contributed by atoms with E-state index in [9.17, 15) is 18.0 Å². The monoisotopic (exact) mass is 468 g/mol. The van der Waals surface area contributed by atoms with Crippen LogP contribution in [0.5, 0.6) is 0 Å². The number of rotatable bonds is 3. The lowest BCUT2D eigenvalue weighted by atomic mass is 9.96. The topological polar surface area (TPSA) is 59.0 Å². The molecule has 162 valence electrons. The molecule has 2 N–H and O–H groups in total. The fraction of sp³-hybridized carbons (Fsp3) is 0.238. The maximum atomic E-state index is 13.8. The predicted molar refractivity (Wildman–Crippen MR) is 114 cm³/mol. The average molecular weight is 469 g/mol. The van der Waals surface area contributed by atoms with Gasteiger partial charge in [-0.2, -0.15) is 18.3 Å². The number of hydrogen-bond donors (Lipinski definition) is 2. The predicted octanol–water partition coefficient (Wildman–Crippen LogP) is 6.41. The van der Waals surface area contributed by atoms with Gasteiger partial charge in [-0.25, -0.2) is 4.68 Å². The van der Waals surface area contributed by atoms with Crippen LogP contribution < -0.4 is 10.6 Å². The first-order valence-corrected chi connectivity index (χ1v) is 10.1. The van der Waals surface area contributed by atoms with Crippen molar-refractivity contribution >= 4 is 40.6 Å². The molecule has 0 spiro atoms. The lowest BCUT2D eigenvalue weighted by Crippen LogP contribution is -2.36. The number of alkyl halides is 3. The summed E-state index contributed by atoms with van der Waals surface area (Å²) in [5.41, 5.74) is 1.91. The van der Waals surface area contributed by atoms with E-state index in [1.54, 1.807) is 30.3 Å². The number of halogens is 5. The van der Waals surface area contributed by atoms with Gasteiger partial charge in [0.2, 0.25) is 0 Å². The van der Waals surface area contributed by atoms with E-state index >= 15 is 0 Å². The minimum absolute atomic E-state index is 0.00481. The number of anilines is 2. The van der Waals surface area contributed by atoms with Gasteiger partial charge in [0.25, 0.3) is 5.91 Å². The Kier molecular flexibility index (Phi) is 5.61. The van der Waals surface area contributed by atoms with Gasteiger partial charge in [0.1, 0.15) is 11.4 Å². The summed E-state index contributed by atoms with van der Waals surface area (Å²) in [7, 11) is 0. The number of fused-ring (bicyclic) bond motifs is 1. The largest absolute Gasteiger partial charge is 0.410 e. The number of nitrogens with one attached hydrogen (secondary N) is 2. The average Bonchev–Trinajstić information content (AvgIpc) is 3.14. The molecule has 0 aliphatic carbocycles. The lowest BCUT2D eigenvalue weighted by molar-refractivity contribution is -0.173. The van der Waals surface area contributed by atoms with Crippen LogP contribution in [0.3, 0.4) is 0 Å². The quantitative estimate of drug-likeness (QED) is 0.466. The maximum Gasteiger partial charge on any atom is 0.410 e.